The zero-order chi connectivity index (χ0) is 25.6. The first-order valence-electron chi connectivity index (χ1n) is 11.6. The molecule has 1 atom stereocenters. The average Bonchev–Trinajstić information content (AvgIpc) is 2.67. The molecular weight excluding hydrogens is 452 g/mol. The van der Waals surface area contributed by atoms with Crippen molar-refractivity contribution in [2.45, 2.75) is 96.2 Å². The summed E-state index contributed by atoms with van der Waals surface area (Å²) < 4.78 is 24.0. The van der Waals surface area contributed by atoms with Crippen LogP contribution in [0.2, 0.25) is 36.3 Å². The summed E-state index contributed by atoms with van der Waals surface area (Å²) in [5, 5.41) is -0.252. The topological polar surface area (TPSA) is 71.1 Å². The Labute approximate surface area is 201 Å². The number of benzene rings is 1. The lowest BCUT2D eigenvalue weighted by molar-refractivity contribution is -0.156. The first-order valence-corrected chi connectivity index (χ1v) is 17.4. The quantitative estimate of drug-likeness (QED) is 0.269. The van der Waals surface area contributed by atoms with Gasteiger partial charge in [-0.3, -0.25) is 4.79 Å². The van der Waals surface area contributed by atoms with E-state index in [1.807, 2.05) is 19.2 Å². The molecule has 1 aliphatic carbocycles. The number of rotatable bonds is 6. The van der Waals surface area contributed by atoms with Crippen LogP contribution in [0.25, 0.3) is 0 Å². The van der Waals surface area contributed by atoms with Crippen molar-refractivity contribution in [2.24, 2.45) is 0 Å². The molecule has 0 heterocycles. The number of hydrogen-bond acceptors (Lipinski definition) is 6. The van der Waals surface area contributed by atoms with E-state index in [4.69, 9.17) is 18.3 Å². The fourth-order valence-corrected chi connectivity index (χ4v) is 5.99. The van der Waals surface area contributed by atoms with Crippen LogP contribution in [0.1, 0.15) is 63.9 Å². The molecule has 0 spiro atoms. The second kappa shape index (κ2) is 8.85. The lowest BCUT2D eigenvalue weighted by Crippen LogP contribution is -2.60. The molecule has 6 nitrogen and oxygen atoms in total. The number of hydrogen-bond donors (Lipinski definition) is 0. The van der Waals surface area contributed by atoms with Crippen LogP contribution in [0.5, 0.6) is 11.5 Å². The molecule has 2 rings (SSSR count). The van der Waals surface area contributed by atoms with E-state index in [1.165, 1.54) is 7.11 Å². The zero-order valence-corrected chi connectivity index (χ0v) is 24.5. The Morgan fingerprint density at radius 3 is 1.88 bits per heavy atom. The molecule has 33 heavy (non-hydrogen) atoms. The summed E-state index contributed by atoms with van der Waals surface area (Å²) >= 11 is 0. The fourth-order valence-electron chi connectivity index (χ4n) is 3.51. The predicted octanol–water partition coefficient (Wildman–Crippen LogP) is 6.14. The third-order valence-corrected chi connectivity index (χ3v) is 16.5. The van der Waals surface area contributed by atoms with Gasteiger partial charge in [0.2, 0.25) is 11.4 Å². The van der Waals surface area contributed by atoms with Gasteiger partial charge in [-0.05, 0) is 61.2 Å². The molecular formula is C25H42O6Si2. The normalized spacial score (nSPS) is 19.7. The van der Waals surface area contributed by atoms with E-state index in [0.29, 0.717) is 23.5 Å². The zero-order valence-electron chi connectivity index (χ0n) is 22.5. The van der Waals surface area contributed by atoms with Crippen LogP contribution in [-0.2, 0) is 20.4 Å². The largest absolute Gasteiger partial charge is 0.543 e. The van der Waals surface area contributed by atoms with Gasteiger partial charge in [0.05, 0.1) is 19.8 Å². The highest BCUT2D eigenvalue weighted by Crippen LogP contribution is 2.47. The maximum atomic E-state index is 14.2. The fraction of sp³-hybridized carbons (Fsp3) is 0.680. The molecule has 8 heteroatoms. The average molecular weight is 495 g/mol. The molecule has 0 unspecified atom stereocenters. The van der Waals surface area contributed by atoms with Gasteiger partial charge < -0.3 is 18.3 Å². The second-order valence-corrected chi connectivity index (χ2v) is 21.4. The molecule has 0 amide bonds. The molecule has 0 N–H and O–H groups in total. The number of carbonyl (C=O) groups excluding carboxylic acids is 2. The molecule has 0 saturated carbocycles. The first kappa shape index (κ1) is 27.6. The van der Waals surface area contributed by atoms with Crippen molar-refractivity contribution >= 4 is 28.4 Å². The lowest BCUT2D eigenvalue weighted by Gasteiger charge is -2.45. The summed E-state index contributed by atoms with van der Waals surface area (Å²) in [6.07, 6.45) is 0.653. The maximum Gasteiger partial charge on any atom is 0.345 e. The molecule has 1 aromatic carbocycles. The Morgan fingerprint density at radius 1 is 0.909 bits per heavy atom. The van der Waals surface area contributed by atoms with Crippen molar-refractivity contribution in [2.75, 3.05) is 14.2 Å². The molecule has 0 radical (unpaired) electrons. The van der Waals surface area contributed by atoms with Crippen LogP contribution in [0.4, 0.5) is 0 Å². The molecule has 0 aliphatic heterocycles. The van der Waals surface area contributed by atoms with Crippen LogP contribution in [-0.4, -0.2) is 48.2 Å². The Balaban J connectivity index is 2.74. The third kappa shape index (κ3) is 4.93. The van der Waals surface area contributed by atoms with E-state index >= 15 is 0 Å². The molecule has 0 aromatic heterocycles. The van der Waals surface area contributed by atoms with Crippen molar-refractivity contribution < 1.29 is 27.9 Å². The van der Waals surface area contributed by atoms with Gasteiger partial charge in [0.15, 0.2) is 8.32 Å². The summed E-state index contributed by atoms with van der Waals surface area (Å²) in [4.78, 5) is 27.5. The van der Waals surface area contributed by atoms with Gasteiger partial charge in [-0.15, -0.1) is 0 Å². The van der Waals surface area contributed by atoms with Crippen LogP contribution < -0.4 is 9.16 Å². The van der Waals surface area contributed by atoms with Gasteiger partial charge in [-0.1, -0.05) is 41.5 Å². The minimum atomic E-state index is -2.51. The number of fused-ring (bicyclic) bond motifs is 1. The highest BCUT2D eigenvalue weighted by atomic mass is 28.4. The predicted molar refractivity (Wildman–Crippen MR) is 136 cm³/mol. The number of ether oxygens (including phenoxy) is 2. The Bertz CT molecular complexity index is 924. The molecule has 0 saturated heterocycles. The summed E-state index contributed by atoms with van der Waals surface area (Å²) in [6.45, 7) is 21.1. The van der Waals surface area contributed by atoms with Crippen molar-refractivity contribution in [3.8, 4) is 11.5 Å². The molecule has 0 bridgehead atoms. The van der Waals surface area contributed by atoms with Gasteiger partial charge in [-0.2, -0.15) is 0 Å². The van der Waals surface area contributed by atoms with Crippen LogP contribution >= 0.6 is 0 Å². The molecule has 0 fully saturated rings. The Kier molecular flexibility index (Phi) is 7.40. The van der Waals surface area contributed by atoms with Crippen molar-refractivity contribution in [3.63, 3.8) is 0 Å². The second-order valence-electron chi connectivity index (χ2n) is 12.0. The Morgan fingerprint density at radius 2 is 1.42 bits per heavy atom. The van der Waals surface area contributed by atoms with Crippen molar-refractivity contribution in [3.05, 3.63) is 23.3 Å². The summed E-state index contributed by atoms with van der Waals surface area (Å²) in [5.41, 5.74) is -0.547. The van der Waals surface area contributed by atoms with Gasteiger partial charge in [0, 0.05) is 5.56 Å². The van der Waals surface area contributed by atoms with E-state index in [2.05, 4.69) is 54.6 Å². The molecule has 1 aromatic rings. The minimum absolute atomic E-state index is 0.0609. The number of ketones is 1. The monoisotopic (exact) mass is 494 g/mol. The summed E-state index contributed by atoms with van der Waals surface area (Å²) in [5.74, 6) is 0.0676. The highest BCUT2D eigenvalue weighted by molar-refractivity contribution is 6.75. The molecule has 186 valence electrons. The van der Waals surface area contributed by atoms with Gasteiger partial charge in [0.1, 0.15) is 11.5 Å². The van der Waals surface area contributed by atoms with Crippen LogP contribution in [0.15, 0.2) is 12.1 Å². The Hall–Kier alpha value is -1.65. The van der Waals surface area contributed by atoms with Gasteiger partial charge >= 0.3 is 5.97 Å². The highest BCUT2D eigenvalue weighted by Gasteiger charge is 2.57. The van der Waals surface area contributed by atoms with Gasteiger partial charge in [0.25, 0.3) is 8.32 Å². The van der Waals surface area contributed by atoms with Crippen LogP contribution in [0, 0.1) is 0 Å². The number of esters is 1. The van der Waals surface area contributed by atoms with E-state index in [1.54, 1.807) is 13.2 Å². The molecule has 1 aliphatic rings. The maximum absolute atomic E-state index is 14.2. The number of carbonyl (C=O) groups is 2. The van der Waals surface area contributed by atoms with E-state index in [-0.39, 0.29) is 16.5 Å². The van der Waals surface area contributed by atoms with E-state index in [0.717, 1.165) is 5.56 Å². The lowest BCUT2D eigenvalue weighted by atomic mass is 9.78. The van der Waals surface area contributed by atoms with Gasteiger partial charge in [-0.25, -0.2) is 4.79 Å². The van der Waals surface area contributed by atoms with Crippen LogP contribution in [0.3, 0.4) is 0 Å². The summed E-state index contributed by atoms with van der Waals surface area (Å²) in [6, 6.07) is 3.63. The van der Waals surface area contributed by atoms with Crippen molar-refractivity contribution in [1.29, 1.82) is 0 Å². The standard InChI is InChI=1S/C25H42O6Si2/c1-23(2,3)32(9,10)30-19-14-13-18(28-7)17-15-16-25(22(27)29-8,21(26)20(17)19)31-33(11,12)24(4,5)6/h13-14H,15-16H2,1-12H3/t25-/m1/s1. The first-order chi connectivity index (χ1) is 14.8. The smallest absolute Gasteiger partial charge is 0.345 e. The third-order valence-electron chi connectivity index (χ3n) is 7.69. The SMILES string of the molecule is COC(=O)[C@@]1(O[Si](C)(C)C(C)(C)C)CCc2c(OC)ccc(O[Si](C)(C)C(C)(C)C)c2C1=O. The summed E-state index contributed by atoms with van der Waals surface area (Å²) in [7, 11) is -1.88. The van der Waals surface area contributed by atoms with Crippen molar-refractivity contribution in [1.82, 2.24) is 0 Å². The van der Waals surface area contributed by atoms with E-state index < -0.39 is 34.0 Å². The van der Waals surface area contributed by atoms with E-state index in [9.17, 15) is 9.59 Å². The number of Topliss-reactive ketones (excluding diaryl/α,β-unsaturated/α-hetero) is 1. The number of methoxy groups -OCH3 is 2. The minimum Gasteiger partial charge on any atom is -0.543 e.